The lowest BCUT2D eigenvalue weighted by Crippen LogP contribution is -2.26. The molecular weight excluding hydrogens is 553 g/mol. The van der Waals surface area contributed by atoms with Gasteiger partial charge < -0.3 is 15.3 Å². The fraction of sp³-hybridized carbons (Fsp3) is 0.233. The van der Waals surface area contributed by atoms with E-state index >= 15 is 0 Å². The molecule has 202 valence electrons. The largest absolute Gasteiger partial charge is 0.481 e. The summed E-state index contributed by atoms with van der Waals surface area (Å²) in [5.41, 5.74) is 5.46. The van der Waals surface area contributed by atoms with Crippen molar-refractivity contribution in [1.29, 1.82) is 0 Å². The number of thiazole rings is 1. The highest BCUT2D eigenvalue weighted by molar-refractivity contribution is 7.14. The average Bonchev–Trinajstić information content (AvgIpc) is 3.43. The molecule has 1 atom stereocenters. The van der Waals surface area contributed by atoms with Crippen LogP contribution in [-0.2, 0) is 11.3 Å². The molecule has 1 heterocycles. The molecule has 4 aromatic rings. The predicted molar refractivity (Wildman–Crippen MR) is 160 cm³/mol. The predicted octanol–water partition coefficient (Wildman–Crippen LogP) is 8.17. The van der Waals surface area contributed by atoms with Crippen molar-refractivity contribution in [1.82, 2.24) is 10.3 Å². The summed E-state index contributed by atoms with van der Waals surface area (Å²) in [6.45, 7) is 5.02. The molecule has 6 nitrogen and oxygen atoms in total. The summed E-state index contributed by atoms with van der Waals surface area (Å²) < 4.78 is 0. The van der Waals surface area contributed by atoms with Crippen LogP contribution in [-0.4, -0.2) is 28.5 Å². The molecule has 2 N–H and O–H groups in total. The van der Waals surface area contributed by atoms with Crippen molar-refractivity contribution >= 4 is 57.2 Å². The highest BCUT2D eigenvalue weighted by atomic mass is 35.5. The molecule has 0 radical (unpaired) electrons. The fourth-order valence-corrected chi connectivity index (χ4v) is 5.15. The van der Waals surface area contributed by atoms with Gasteiger partial charge in [-0.3, -0.25) is 9.59 Å². The second-order valence-electron chi connectivity index (χ2n) is 9.23. The van der Waals surface area contributed by atoms with Crippen LogP contribution in [0.4, 0.5) is 10.8 Å². The van der Waals surface area contributed by atoms with Gasteiger partial charge in [0.15, 0.2) is 5.13 Å². The van der Waals surface area contributed by atoms with Crippen LogP contribution >= 0.6 is 34.5 Å². The molecule has 1 aromatic heterocycles. The Labute approximate surface area is 242 Å². The highest BCUT2D eigenvalue weighted by Gasteiger charge is 2.17. The van der Waals surface area contributed by atoms with Crippen molar-refractivity contribution in [2.24, 2.45) is 0 Å². The van der Waals surface area contributed by atoms with E-state index in [9.17, 15) is 9.59 Å². The van der Waals surface area contributed by atoms with E-state index in [1.807, 2.05) is 29.6 Å². The number of anilines is 2. The molecule has 0 spiro atoms. The number of amides is 1. The van der Waals surface area contributed by atoms with E-state index in [0.717, 1.165) is 34.1 Å². The quantitative estimate of drug-likeness (QED) is 0.186. The van der Waals surface area contributed by atoms with E-state index in [1.165, 1.54) is 16.9 Å². The molecule has 39 heavy (non-hydrogen) atoms. The minimum absolute atomic E-state index is 0.0849. The SMILES string of the molecule is CCC(C)c1ccc(N(Cc2ccc(C(=O)NCCC(=O)O)cc2)c2nc(-c3ccc(Cl)c(Cl)c3)cs2)cc1. The zero-order chi connectivity index (χ0) is 27.9. The first-order chi connectivity index (χ1) is 18.7. The number of hydrogen-bond donors (Lipinski definition) is 2. The zero-order valence-electron chi connectivity index (χ0n) is 21.7. The Hall–Kier alpha value is -3.39. The first-order valence-corrected chi connectivity index (χ1v) is 14.3. The van der Waals surface area contributed by atoms with E-state index in [-0.39, 0.29) is 18.9 Å². The maximum Gasteiger partial charge on any atom is 0.305 e. The van der Waals surface area contributed by atoms with Crippen molar-refractivity contribution in [2.75, 3.05) is 11.4 Å². The molecule has 1 unspecified atom stereocenters. The third-order valence-corrected chi connectivity index (χ3v) is 8.11. The molecule has 0 saturated carbocycles. The summed E-state index contributed by atoms with van der Waals surface area (Å²) >= 11 is 13.9. The van der Waals surface area contributed by atoms with E-state index < -0.39 is 5.97 Å². The van der Waals surface area contributed by atoms with Crippen molar-refractivity contribution in [3.05, 3.63) is 98.8 Å². The van der Waals surface area contributed by atoms with Gasteiger partial charge in [0.25, 0.3) is 5.91 Å². The number of aliphatic carboxylic acids is 1. The lowest BCUT2D eigenvalue weighted by atomic mass is 9.98. The summed E-state index contributed by atoms with van der Waals surface area (Å²) in [5.74, 6) is -0.776. The molecule has 1 amide bonds. The van der Waals surface area contributed by atoms with Crippen molar-refractivity contribution in [3.63, 3.8) is 0 Å². The molecule has 0 aliphatic rings. The normalized spacial score (nSPS) is 11.7. The van der Waals surface area contributed by atoms with Crippen LogP contribution in [0.25, 0.3) is 11.3 Å². The third-order valence-electron chi connectivity index (χ3n) is 6.51. The molecule has 0 aliphatic carbocycles. The van der Waals surface area contributed by atoms with Gasteiger partial charge in [-0.15, -0.1) is 11.3 Å². The maximum atomic E-state index is 12.4. The van der Waals surface area contributed by atoms with Crippen LogP contribution in [0.2, 0.25) is 10.0 Å². The van der Waals surface area contributed by atoms with Crippen LogP contribution in [0.15, 0.2) is 72.1 Å². The van der Waals surface area contributed by atoms with Gasteiger partial charge in [-0.2, -0.15) is 0 Å². The van der Waals surface area contributed by atoms with Crippen molar-refractivity contribution in [2.45, 2.75) is 39.2 Å². The van der Waals surface area contributed by atoms with Gasteiger partial charge in [0.05, 0.1) is 28.7 Å². The maximum absolute atomic E-state index is 12.4. The number of carbonyl (C=O) groups excluding carboxylic acids is 1. The Morgan fingerprint density at radius 2 is 1.74 bits per heavy atom. The first-order valence-electron chi connectivity index (χ1n) is 12.6. The van der Waals surface area contributed by atoms with Gasteiger partial charge in [0.2, 0.25) is 0 Å². The monoisotopic (exact) mass is 581 g/mol. The summed E-state index contributed by atoms with van der Waals surface area (Å²) in [5, 5.41) is 15.2. The Balaban J connectivity index is 1.60. The average molecular weight is 583 g/mol. The van der Waals surface area contributed by atoms with Gasteiger partial charge in [0, 0.05) is 28.7 Å². The van der Waals surface area contributed by atoms with E-state index in [1.54, 1.807) is 18.2 Å². The van der Waals surface area contributed by atoms with Crippen molar-refractivity contribution < 1.29 is 14.7 Å². The van der Waals surface area contributed by atoms with Crippen LogP contribution in [0.1, 0.15) is 54.1 Å². The van der Waals surface area contributed by atoms with Crippen LogP contribution < -0.4 is 10.2 Å². The van der Waals surface area contributed by atoms with E-state index in [4.69, 9.17) is 33.3 Å². The highest BCUT2D eigenvalue weighted by Crippen LogP contribution is 2.36. The number of nitrogens with one attached hydrogen (secondary N) is 1. The Morgan fingerprint density at radius 3 is 2.38 bits per heavy atom. The molecule has 0 saturated heterocycles. The minimum Gasteiger partial charge on any atom is -0.481 e. The molecular formula is C30H29Cl2N3O3S. The summed E-state index contributed by atoms with van der Waals surface area (Å²) in [6, 6.07) is 21.3. The Morgan fingerprint density at radius 1 is 1.03 bits per heavy atom. The van der Waals surface area contributed by atoms with Gasteiger partial charge in [-0.1, -0.05) is 67.4 Å². The fourth-order valence-electron chi connectivity index (χ4n) is 3.99. The number of benzene rings is 3. The number of halogens is 2. The molecule has 0 fully saturated rings. The Bertz CT molecular complexity index is 1440. The zero-order valence-corrected chi connectivity index (χ0v) is 24.0. The topological polar surface area (TPSA) is 82.5 Å². The number of carbonyl (C=O) groups is 2. The minimum atomic E-state index is -0.951. The third kappa shape index (κ3) is 7.38. The lowest BCUT2D eigenvalue weighted by Gasteiger charge is -2.23. The molecule has 3 aromatic carbocycles. The number of carboxylic acids is 1. The summed E-state index contributed by atoms with van der Waals surface area (Å²) in [4.78, 5) is 30.1. The number of hydrogen-bond acceptors (Lipinski definition) is 5. The number of aromatic nitrogens is 1. The smallest absolute Gasteiger partial charge is 0.305 e. The second kappa shape index (κ2) is 13.1. The molecule has 0 bridgehead atoms. The Kier molecular flexibility index (Phi) is 9.62. The number of rotatable bonds is 11. The summed E-state index contributed by atoms with van der Waals surface area (Å²) in [7, 11) is 0. The molecule has 4 rings (SSSR count). The second-order valence-corrected chi connectivity index (χ2v) is 10.9. The van der Waals surface area contributed by atoms with Crippen LogP contribution in [0.5, 0.6) is 0 Å². The molecule has 0 aliphatic heterocycles. The number of nitrogens with zero attached hydrogens (tertiary/aromatic N) is 2. The van der Waals surface area contributed by atoms with Crippen LogP contribution in [0.3, 0.4) is 0 Å². The van der Waals surface area contributed by atoms with Gasteiger partial charge in [0.1, 0.15) is 0 Å². The van der Waals surface area contributed by atoms with Gasteiger partial charge >= 0.3 is 5.97 Å². The van der Waals surface area contributed by atoms with Crippen LogP contribution in [0, 0.1) is 0 Å². The summed E-state index contributed by atoms with van der Waals surface area (Å²) in [6.07, 6.45) is 0.950. The van der Waals surface area contributed by atoms with E-state index in [2.05, 4.69) is 48.3 Å². The van der Waals surface area contributed by atoms with E-state index in [0.29, 0.717) is 28.1 Å². The van der Waals surface area contributed by atoms with Gasteiger partial charge in [-0.05, 0) is 59.9 Å². The van der Waals surface area contributed by atoms with Gasteiger partial charge in [-0.25, -0.2) is 4.98 Å². The van der Waals surface area contributed by atoms with Crippen molar-refractivity contribution in [3.8, 4) is 11.3 Å². The first kappa shape index (κ1) is 28.6. The number of carboxylic acid groups (broad SMARTS) is 1. The standard InChI is InChI=1S/C30H29Cl2N3O3S/c1-3-19(2)21-8-11-24(12-9-21)35(30-34-27(18-39-30)23-10-13-25(31)26(32)16-23)17-20-4-6-22(7-5-20)29(38)33-15-14-28(36)37/h4-13,16,18-19H,3,14-15,17H2,1-2H3,(H,33,38)(H,36,37). The lowest BCUT2D eigenvalue weighted by molar-refractivity contribution is -0.136. The molecule has 9 heteroatoms.